The van der Waals surface area contributed by atoms with Crippen LogP contribution in [-0.4, -0.2) is 16.4 Å². The maximum absolute atomic E-state index is 13.3. The summed E-state index contributed by atoms with van der Waals surface area (Å²) in [5.41, 5.74) is 5.36. The fraction of sp³-hybridized carbons (Fsp3) is 0.357. The van der Waals surface area contributed by atoms with Crippen LogP contribution >= 0.6 is 11.3 Å². The molecule has 1 aliphatic heterocycles. The molecule has 1 atom stereocenters. The average molecular weight is 262 g/mol. The third-order valence-corrected chi connectivity index (χ3v) is 4.26. The first-order valence-corrected chi connectivity index (χ1v) is 7.08. The van der Waals surface area contributed by atoms with Crippen LogP contribution in [0.25, 0.3) is 0 Å². The topological polar surface area (TPSA) is 16.1 Å². The van der Waals surface area contributed by atoms with Crippen molar-refractivity contribution in [2.45, 2.75) is 25.9 Å². The van der Waals surface area contributed by atoms with Crippen molar-refractivity contribution < 1.29 is 4.39 Å². The van der Waals surface area contributed by atoms with E-state index >= 15 is 0 Å². The maximum Gasteiger partial charge on any atom is 0.123 e. The van der Waals surface area contributed by atoms with Gasteiger partial charge in [-0.25, -0.2) is 9.37 Å². The van der Waals surface area contributed by atoms with Gasteiger partial charge >= 0.3 is 0 Å². The number of aromatic nitrogens is 1. The fourth-order valence-corrected chi connectivity index (χ4v) is 3.13. The normalized spacial score (nSPS) is 19.8. The van der Waals surface area contributed by atoms with E-state index in [9.17, 15) is 4.39 Å². The van der Waals surface area contributed by atoms with Crippen LogP contribution in [0.3, 0.4) is 0 Å². The van der Waals surface area contributed by atoms with E-state index < -0.39 is 0 Å². The van der Waals surface area contributed by atoms with Gasteiger partial charge in [0.15, 0.2) is 0 Å². The van der Waals surface area contributed by atoms with E-state index in [1.54, 1.807) is 23.5 Å². The summed E-state index contributed by atoms with van der Waals surface area (Å²) in [5.74, 6) is -0.142. The number of nitrogens with zero attached hydrogens (tertiary/aromatic N) is 2. The molecule has 0 N–H and O–H groups in total. The molecule has 2 heterocycles. The van der Waals surface area contributed by atoms with Gasteiger partial charge in [-0.1, -0.05) is 6.07 Å². The van der Waals surface area contributed by atoms with Crippen molar-refractivity contribution in [3.63, 3.8) is 0 Å². The smallest absolute Gasteiger partial charge is 0.123 e. The summed E-state index contributed by atoms with van der Waals surface area (Å²) in [6.07, 6.45) is 0.990. The Balaban J connectivity index is 1.84. The highest BCUT2D eigenvalue weighted by atomic mass is 32.1. The number of rotatable bonds is 2. The van der Waals surface area contributed by atoms with Gasteiger partial charge < -0.3 is 0 Å². The monoisotopic (exact) mass is 262 g/mol. The molecule has 0 bridgehead atoms. The highest BCUT2D eigenvalue weighted by Crippen LogP contribution is 2.30. The highest BCUT2D eigenvalue weighted by molar-refractivity contribution is 7.07. The molecule has 1 aliphatic rings. The maximum atomic E-state index is 13.3. The molecule has 94 valence electrons. The van der Waals surface area contributed by atoms with E-state index in [4.69, 9.17) is 0 Å². The fourth-order valence-electron chi connectivity index (χ4n) is 2.58. The summed E-state index contributed by atoms with van der Waals surface area (Å²) in [6.45, 7) is 4.00. The zero-order valence-electron chi connectivity index (χ0n) is 10.3. The van der Waals surface area contributed by atoms with E-state index in [2.05, 4.69) is 22.2 Å². The van der Waals surface area contributed by atoms with Crippen molar-refractivity contribution in [2.75, 3.05) is 6.54 Å². The number of hydrogen-bond acceptors (Lipinski definition) is 3. The molecule has 3 rings (SSSR count). The molecule has 0 spiro atoms. The third-order valence-electron chi connectivity index (χ3n) is 3.62. The number of hydrogen-bond donors (Lipinski definition) is 0. The molecule has 1 aromatic carbocycles. The average Bonchev–Trinajstić information content (AvgIpc) is 2.86. The Kier molecular flexibility index (Phi) is 3.14. The van der Waals surface area contributed by atoms with Crippen molar-refractivity contribution >= 4 is 11.3 Å². The molecule has 0 radical (unpaired) electrons. The summed E-state index contributed by atoms with van der Waals surface area (Å²) >= 11 is 1.62. The first-order valence-electron chi connectivity index (χ1n) is 6.13. The van der Waals surface area contributed by atoms with Crippen LogP contribution in [0, 0.1) is 5.82 Å². The Morgan fingerprint density at radius 3 is 3.17 bits per heavy atom. The molecule has 0 fully saturated rings. The second kappa shape index (κ2) is 4.78. The lowest BCUT2D eigenvalue weighted by molar-refractivity contribution is 0.187. The van der Waals surface area contributed by atoms with Crippen molar-refractivity contribution in [2.24, 2.45) is 0 Å². The molecule has 0 amide bonds. The first kappa shape index (κ1) is 11.8. The van der Waals surface area contributed by atoms with Gasteiger partial charge in [0.25, 0.3) is 0 Å². The van der Waals surface area contributed by atoms with E-state index in [1.807, 2.05) is 11.6 Å². The molecule has 0 saturated heterocycles. The molecular formula is C14H15FN2S. The lowest BCUT2D eigenvalue weighted by atomic mass is 9.93. The minimum atomic E-state index is -0.142. The number of halogens is 1. The van der Waals surface area contributed by atoms with Crippen LogP contribution in [-0.2, 0) is 13.0 Å². The Labute approximate surface area is 110 Å². The first-order chi connectivity index (χ1) is 8.74. The molecule has 0 aliphatic carbocycles. The van der Waals surface area contributed by atoms with Gasteiger partial charge in [-0.2, -0.15) is 0 Å². The van der Waals surface area contributed by atoms with Crippen molar-refractivity contribution in [3.05, 3.63) is 51.7 Å². The molecule has 18 heavy (non-hydrogen) atoms. The Morgan fingerprint density at radius 1 is 1.50 bits per heavy atom. The molecule has 2 nitrogen and oxygen atoms in total. The lowest BCUT2D eigenvalue weighted by Gasteiger charge is -2.34. The SMILES string of the molecule is CC1c2cc(F)ccc2CCN1Cc1cscn1. The number of fused-ring (bicyclic) bond motifs is 1. The van der Waals surface area contributed by atoms with Gasteiger partial charge in [-0.05, 0) is 36.6 Å². The minimum absolute atomic E-state index is 0.142. The van der Waals surface area contributed by atoms with Crippen LogP contribution in [0.4, 0.5) is 4.39 Å². The summed E-state index contributed by atoms with van der Waals surface area (Å²) in [6, 6.07) is 5.40. The van der Waals surface area contributed by atoms with Crippen molar-refractivity contribution in [3.8, 4) is 0 Å². The van der Waals surface area contributed by atoms with Gasteiger partial charge in [-0.15, -0.1) is 11.3 Å². The van der Waals surface area contributed by atoms with Crippen LogP contribution in [0.15, 0.2) is 29.1 Å². The van der Waals surface area contributed by atoms with Gasteiger partial charge in [-0.3, -0.25) is 4.90 Å². The molecule has 0 saturated carbocycles. The number of thiazole rings is 1. The quantitative estimate of drug-likeness (QED) is 0.824. The van der Waals surface area contributed by atoms with Crippen molar-refractivity contribution in [1.29, 1.82) is 0 Å². The predicted octanol–water partition coefficient (Wildman–Crippen LogP) is 3.40. The minimum Gasteiger partial charge on any atom is -0.290 e. The van der Waals surface area contributed by atoms with Gasteiger partial charge in [0.05, 0.1) is 11.2 Å². The predicted molar refractivity (Wildman–Crippen MR) is 71.0 cm³/mol. The number of benzene rings is 1. The third kappa shape index (κ3) is 2.18. The molecule has 1 unspecified atom stereocenters. The summed E-state index contributed by atoms with van der Waals surface area (Å²) in [5, 5.41) is 2.08. The van der Waals surface area contributed by atoms with Crippen LogP contribution in [0.1, 0.15) is 29.8 Å². The lowest BCUT2D eigenvalue weighted by Crippen LogP contribution is -2.33. The standard InChI is InChI=1S/C14H15FN2S/c1-10-14-6-12(15)3-2-11(14)4-5-17(10)7-13-8-18-9-16-13/h2-3,6,8-10H,4-5,7H2,1H3. The summed E-state index contributed by atoms with van der Waals surface area (Å²) in [4.78, 5) is 6.68. The van der Waals surface area contributed by atoms with Crippen molar-refractivity contribution in [1.82, 2.24) is 9.88 Å². The van der Waals surface area contributed by atoms with Gasteiger partial charge in [0, 0.05) is 24.5 Å². The van der Waals surface area contributed by atoms with E-state index in [0.717, 1.165) is 30.8 Å². The van der Waals surface area contributed by atoms with Crippen LogP contribution < -0.4 is 0 Å². The Morgan fingerprint density at radius 2 is 2.39 bits per heavy atom. The van der Waals surface area contributed by atoms with E-state index in [0.29, 0.717) is 0 Å². The molecule has 1 aromatic heterocycles. The van der Waals surface area contributed by atoms with E-state index in [1.165, 1.54) is 5.56 Å². The van der Waals surface area contributed by atoms with E-state index in [-0.39, 0.29) is 11.9 Å². The molecule has 2 aromatic rings. The summed E-state index contributed by atoms with van der Waals surface area (Å²) < 4.78 is 13.3. The Bertz CT molecular complexity index is 539. The second-order valence-electron chi connectivity index (χ2n) is 4.72. The highest BCUT2D eigenvalue weighted by Gasteiger charge is 2.24. The second-order valence-corrected chi connectivity index (χ2v) is 5.44. The molecular weight excluding hydrogens is 247 g/mol. The Hall–Kier alpha value is -1.26. The zero-order valence-corrected chi connectivity index (χ0v) is 11.1. The van der Waals surface area contributed by atoms with Gasteiger partial charge in [0.2, 0.25) is 0 Å². The van der Waals surface area contributed by atoms with Crippen LogP contribution in [0.5, 0.6) is 0 Å². The van der Waals surface area contributed by atoms with Crippen LogP contribution in [0.2, 0.25) is 0 Å². The molecule has 4 heteroatoms. The van der Waals surface area contributed by atoms with Gasteiger partial charge in [0.1, 0.15) is 5.82 Å². The largest absolute Gasteiger partial charge is 0.290 e. The zero-order chi connectivity index (χ0) is 12.5. The summed E-state index contributed by atoms with van der Waals surface area (Å²) in [7, 11) is 0.